The Bertz CT molecular complexity index is 1120. The molecule has 0 bridgehead atoms. The zero-order chi connectivity index (χ0) is 22.8. The maximum Gasteiger partial charge on any atom is 0.260 e. The summed E-state index contributed by atoms with van der Waals surface area (Å²) in [5.74, 6) is -0.593. The number of rotatable bonds is 7. The number of ether oxygens (including phenoxy) is 1. The largest absolute Gasteiger partial charge is 0.480 e. The standard InChI is InChI=1S/C20H23Cl2N3O5S/c1-3-25(9-17(26)24-13-6-7-31(28,29)11-13)18(27)10-30-20-16(22)8-15(21)14-5-4-12(2)23-19(14)20/h4-5,8,13H,3,6-7,9-11H2,1-2H3,(H,24,26)/t13-/m1/s1. The van der Waals surface area contributed by atoms with Crippen molar-refractivity contribution < 1.29 is 22.7 Å². The number of hydrogen-bond donors (Lipinski definition) is 1. The van der Waals surface area contributed by atoms with Crippen LogP contribution in [-0.2, 0) is 19.4 Å². The first-order valence-electron chi connectivity index (χ1n) is 9.75. The summed E-state index contributed by atoms with van der Waals surface area (Å²) in [6.45, 7) is 3.30. The average molecular weight is 488 g/mol. The van der Waals surface area contributed by atoms with Gasteiger partial charge in [0.1, 0.15) is 5.52 Å². The van der Waals surface area contributed by atoms with Crippen LogP contribution in [0, 0.1) is 6.92 Å². The van der Waals surface area contributed by atoms with Gasteiger partial charge < -0.3 is 15.0 Å². The van der Waals surface area contributed by atoms with Gasteiger partial charge in [0.2, 0.25) is 5.91 Å². The van der Waals surface area contributed by atoms with Crippen LogP contribution in [0.5, 0.6) is 5.75 Å². The molecule has 0 unspecified atom stereocenters. The van der Waals surface area contributed by atoms with E-state index in [4.69, 9.17) is 27.9 Å². The zero-order valence-corrected chi connectivity index (χ0v) is 19.5. The van der Waals surface area contributed by atoms with Crippen molar-refractivity contribution in [1.29, 1.82) is 0 Å². The molecule has 3 rings (SSSR count). The van der Waals surface area contributed by atoms with Gasteiger partial charge in [-0.15, -0.1) is 0 Å². The third-order valence-corrected chi connectivity index (χ3v) is 7.35. The molecule has 2 amide bonds. The zero-order valence-electron chi connectivity index (χ0n) is 17.2. The summed E-state index contributed by atoms with van der Waals surface area (Å²) in [6.07, 6.45) is 0.381. The van der Waals surface area contributed by atoms with Crippen LogP contribution < -0.4 is 10.1 Å². The number of fused-ring (bicyclic) bond motifs is 1. The second kappa shape index (κ2) is 9.58. The van der Waals surface area contributed by atoms with E-state index in [-0.39, 0.29) is 42.0 Å². The molecule has 1 N–H and O–H groups in total. The molecule has 31 heavy (non-hydrogen) atoms. The van der Waals surface area contributed by atoms with Crippen molar-refractivity contribution in [2.75, 3.05) is 31.2 Å². The summed E-state index contributed by atoms with van der Waals surface area (Å²) in [6, 6.07) is 4.72. The first kappa shape index (κ1) is 23.6. The lowest BCUT2D eigenvalue weighted by Gasteiger charge is -2.22. The number of aromatic nitrogens is 1. The lowest BCUT2D eigenvalue weighted by Crippen LogP contribution is -2.45. The number of carbonyl (C=O) groups is 2. The first-order valence-corrected chi connectivity index (χ1v) is 12.3. The fourth-order valence-electron chi connectivity index (χ4n) is 3.38. The molecule has 11 heteroatoms. The fourth-order valence-corrected chi connectivity index (χ4v) is 5.63. The molecule has 8 nitrogen and oxygen atoms in total. The monoisotopic (exact) mass is 487 g/mol. The van der Waals surface area contributed by atoms with Crippen molar-refractivity contribution in [3.63, 3.8) is 0 Å². The van der Waals surface area contributed by atoms with E-state index in [0.717, 1.165) is 5.69 Å². The minimum absolute atomic E-state index is 0.0610. The Balaban J connectivity index is 1.65. The van der Waals surface area contributed by atoms with Gasteiger partial charge >= 0.3 is 0 Å². The summed E-state index contributed by atoms with van der Waals surface area (Å²) in [5, 5.41) is 3.98. The topological polar surface area (TPSA) is 106 Å². The molecule has 0 saturated carbocycles. The summed E-state index contributed by atoms with van der Waals surface area (Å²) in [4.78, 5) is 30.7. The van der Waals surface area contributed by atoms with Gasteiger partial charge in [0.05, 0.1) is 28.1 Å². The van der Waals surface area contributed by atoms with Crippen molar-refractivity contribution in [3.8, 4) is 5.75 Å². The van der Waals surface area contributed by atoms with Gasteiger partial charge in [-0.1, -0.05) is 23.2 Å². The molecule has 0 radical (unpaired) electrons. The van der Waals surface area contributed by atoms with Gasteiger partial charge in [0, 0.05) is 23.7 Å². The summed E-state index contributed by atoms with van der Waals surface area (Å²) < 4.78 is 28.8. The highest BCUT2D eigenvalue weighted by Gasteiger charge is 2.29. The van der Waals surface area contributed by atoms with Gasteiger partial charge in [-0.25, -0.2) is 13.4 Å². The molecule has 0 aliphatic carbocycles. The molecular formula is C20H23Cl2N3O5S. The lowest BCUT2D eigenvalue weighted by atomic mass is 10.2. The van der Waals surface area contributed by atoms with Gasteiger partial charge in [0.15, 0.2) is 22.2 Å². The van der Waals surface area contributed by atoms with Crippen LogP contribution in [0.15, 0.2) is 18.2 Å². The summed E-state index contributed by atoms with van der Waals surface area (Å²) in [5.41, 5.74) is 1.19. The third-order valence-electron chi connectivity index (χ3n) is 4.98. The Hall–Kier alpha value is -2.10. The highest BCUT2D eigenvalue weighted by atomic mass is 35.5. The Labute approximate surface area is 190 Å². The van der Waals surface area contributed by atoms with Crippen LogP contribution in [0.4, 0.5) is 0 Å². The van der Waals surface area contributed by atoms with Crippen molar-refractivity contribution >= 4 is 55.8 Å². The predicted octanol–water partition coefficient (Wildman–Crippen LogP) is 2.38. The highest BCUT2D eigenvalue weighted by Crippen LogP contribution is 2.37. The maximum atomic E-state index is 12.6. The van der Waals surface area contributed by atoms with Gasteiger partial charge in [0.25, 0.3) is 5.91 Å². The van der Waals surface area contributed by atoms with E-state index in [1.54, 1.807) is 13.0 Å². The molecule has 1 saturated heterocycles. The fraction of sp³-hybridized carbons (Fsp3) is 0.450. The minimum Gasteiger partial charge on any atom is -0.480 e. The number of likely N-dealkylation sites (N-methyl/N-ethyl adjacent to an activating group) is 1. The van der Waals surface area contributed by atoms with Gasteiger partial charge in [-0.3, -0.25) is 9.59 Å². The van der Waals surface area contributed by atoms with E-state index in [1.807, 2.05) is 13.0 Å². The van der Waals surface area contributed by atoms with Crippen LogP contribution in [0.25, 0.3) is 10.9 Å². The van der Waals surface area contributed by atoms with Crippen LogP contribution in [0.1, 0.15) is 19.0 Å². The van der Waals surface area contributed by atoms with Crippen LogP contribution in [0.3, 0.4) is 0 Å². The number of nitrogens with one attached hydrogen (secondary N) is 1. The Kier molecular flexibility index (Phi) is 7.28. The molecule has 168 valence electrons. The number of hydrogen-bond acceptors (Lipinski definition) is 6. The number of sulfone groups is 1. The molecule has 1 aromatic carbocycles. The van der Waals surface area contributed by atoms with E-state index in [0.29, 0.717) is 22.3 Å². The third kappa shape index (κ3) is 5.78. The Morgan fingerprint density at radius 2 is 2.03 bits per heavy atom. The number of halogens is 2. The predicted molar refractivity (Wildman–Crippen MR) is 119 cm³/mol. The van der Waals surface area contributed by atoms with E-state index in [2.05, 4.69) is 10.3 Å². The molecule has 1 aliphatic heterocycles. The number of benzene rings is 1. The number of pyridine rings is 1. The smallest absolute Gasteiger partial charge is 0.260 e. The summed E-state index contributed by atoms with van der Waals surface area (Å²) in [7, 11) is -3.10. The normalized spacial score (nSPS) is 17.5. The van der Waals surface area contributed by atoms with Crippen LogP contribution in [0.2, 0.25) is 10.0 Å². The van der Waals surface area contributed by atoms with E-state index >= 15 is 0 Å². The molecule has 1 aliphatic rings. The molecule has 1 aromatic heterocycles. The van der Waals surface area contributed by atoms with E-state index in [9.17, 15) is 18.0 Å². The number of aryl methyl sites for hydroxylation is 1. The summed E-state index contributed by atoms with van der Waals surface area (Å²) >= 11 is 12.5. The van der Waals surface area contributed by atoms with E-state index < -0.39 is 27.7 Å². The SMILES string of the molecule is CCN(CC(=O)N[C@@H]1CCS(=O)(=O)C1)C(=O)COc1c(Cl)cc(Cl)c2ccc(C)nc12. The second-order valence-corrected chi connectivity index (χ2v) is 10.4. The molecule has 2 aromatic rings. The van der Waals surface area contributed by atoms with Crippen molar-refractivity contribution in [2.45, 2.75) is 26.3 Å². The van der Waals surface area contributed by atoms with Gasteiger partial charge in [-0.2, -0.15) is 0 Å². The Morgan fingerprint density at radius 3 is 2.68 bits per heavy atom. The van der Waals surface area contributed by atoms with E-state index in [1.165, 1.54) is 11.0 Å². The number of nitrogens with zero attached hydrogens (tertiary/aromatic N) is 2. The molecule has 0 spiro atoms. The van der Waals surface area contributed by atoms with Crippen molar-refractivity contribution in [3.05, 3.63) is 33.9 Å². The molecule has 1 fully saturated rings. The number of amides is 2. The molecular weight excluding hydrogens is 465 g/mol. The van der Waals surface area contributed by atoms with Gasteiger partial charge in [-0.05, 0) is 38.5 Å². The Morgan fingerprint density at radius 1 is 1.29 bits per heavy atom. The van der Waals surface area contributed by atoms with Crippen molar-refractivity contribution in [2.24, 2.45) is 0 Å². The first-order chi connectivity index (χ1) is 14.6. The second-order valence-electron chi connectivity index (χ2n) is 7.38. The molecule has 2 heterocycles. The average Bonchev–Trinajstić information content (AvgIpc) is 3.03. The lowest BCUT2D eigenvalue weighted by molar-refractivity contribution is -0.137. The van der Waals surface area contributed by atoms with Crippen molar-refractivity contribution in [1.82, 2.24) is 15.2 Å². The quantitative estimate of drug-likeness (QED) is 0.642. The maximum absolute atomic E-state index is 12.6. The van der Waals surface area contributed by atoms with Crippen LogP contribution >= 0.6 is 23.2 Å². The molecule has 1 atom stereocenters. The van der Waals surface area contributed by atoms with Crippen LogP contribution in [-0.4, -0.2) is 67.4 Å². The number of carbonyl (C=O) groups excluding carboxylic acids is 2. The highest BCUT2D eigenvalue weighted by molar-refractivity contribution is 7.91. The minimum atomic E-state index is -3.10.